The lowest BCUT2D eigenvalue weighted by atomic mass is 10.0. The van der Waals surface area contributed by atoms with Crippen molar-refractivity contribution in [2.45, 2.75) is 64.9 Å². The number of halogens is 1. The van der Waals surface area contributed by atoms with Gasteiger partial charge < -0.3 is 14.8 Å². The summed E-state index contributed by atoms with van der Waals surface area (Å²) in [6.45, 7) is 7.86. The fourth-order valence-corrected chi connectivity index (χ4v) is 2.82. The lowest BCUT2D eigenvalue weighted by molar-refractivity contribution is -0.138. The minimum Gasteiger partial charge on any atom is -0.494 e. The fraction of sp³-hybridized carbons (Fsp3) is 0.650. The Morgan fingerprint density at radius 2 is 1.96 bits per heavy atom. The van der Waals surface area contributed by atoms with Crippen LogP contribution >= 0.6 is 15.9 Å². The van der Waals surface area contributed by atoms with Crippen LogP contribution in [-0.4, -0.2) is 30.6 Å². The van der Waals surface area contributed by atoms with Gasteiger partial charge in [0.05, 0.1) is 6.61 Å². The van der Waals surface area contributed by atoms with E-state index in [-0.39, 0.29) is 5.60 Å². The van der Waals surface area contributed by atoms with Gasteiger partial charge in [-0.15, -0.1) is 0 Å². The standard InChI is InChI=1S/C15H22BrNO.C5H10O2/c16-9-3-1-2-4-11-18-14-7-8-15-13(12-14)6-5-10-17-15;1-5(2,3)7-4-6/h7-8,12,17H,1-6,9-11H2;4H,1-3H3. The van der Waals surface area contributed by atoms with E-state index in [1.807, 2.05) is 20.8 Å². The van der Waals surface area contributed by atoms with E-state index in [0.717, 1.165) is 30.7 Å². The van der Waals surface area contributed by atoms with E-state index >= 15 is 0 Å². The number of unbranched alkanes of at least 4 members (excludes halogenated alkanes) is 3. The van der Waals surface area contributed by atoms with Gasteiger partial charge in [0.2, 0.25) is 0 Å². The summed E-state index contributed by atoms with van der Waals surface area (Å²) in [6.07, 6.45) is 7.38. The van der Waals surface area contributed by atoms with Crippen LogP contribution in [0, 0.1) is 0 Å². The van der Waals surface area contributed by atoms with Crippen molar-refractivity contribution >= 4 is 28.1 Å². The van der Waals surface area contributed by atoms with Crippen LogP contribution in [-0.2, 0) is 16.0 Å². The van der Waals surface area contributed by atoms with E-state index < -0.39 is 0 Å². The quantitative estimate of drug-likeness (QED) is 0.355. The molecule has 0 saturated carbocycles. The van der Waals surface area contributed by atoms with Crippen LogP contribution in [0.25, 0.3) is 0 Å². The SMILES string of the molecule is BrCCCCCCOc1ccc2c(c1)CCCN2.CC(C)(C)OC=O. The Morgan fingerprint density at radius 3 is 2.60 bits per heavy atom. The maximum absolute atomic E-state index is 9.60. The molecule has 1 aliphatic heterocycles. The highest BCUT2D eigenvalue weighted by Gasteiger charge is 2.09. The van der Waals surface area contributed by atoms with Crippen molar-refractivity contribution in [3.8, 4) is 5.75 Å². The highest BCUT2D eigenvalue weighted by atomic mass is 79.9. The van der Waals surface area contributed by atoms with Crippen LogP contribution in [0.4, 0.5) is 5.69 Å². The van der Waals surface area contributed by atoms with Gasteiger partial charge in [-0.05, 0) is 70.2 Å². The lowest BCUT2D eigenvalue weighted by Crippen LogP contribution is -2.17. The largest absolute Gasteiger partial charge is 0.494 e. The third kappa shape index (κ3) is 10.4. The molecule has 1 N–H and O–H groups in total. The smallest absolute Gasteiger partial charge is 0.293 e. The zero-order chi connectivity index (χ0) is 18.5. The predicted molar refractivity (Wildman–Crippen MR) is 108 cm³/mol. The Labute approximate surface area is 160 Å². The second kappa shape index (κ2) is 12.2. The highest BCUT2D eigenvalue weighted by molar-refractivity contribution is 9.09. The molecule has 4 nitrogen and oxygen atoms in total. The molecule has 0 atom stereocenters. The van der Waals surface area contributed by atoms with Crippen LogP contribution in [0.3, 0.4) is 0 Å². The first kappa shape index (κ1) is 21.8. The van der Waals surface area contributed by atoms with Gasteiger partial charge >= 0.3 is 0 Å². The number of benzene rings is 1. The van der Waals surface area contributed by atoms with Crippen LogP contribution in [0.1, 0.15) is 58.4 Å². The molecule has 0 bridgehead atoms. The van der Waals surface area contributed by atoms with Crippen LogP contribution < -0.4 is 10.1 Å². The topological polar surface area (TPSA) is 47.6 Å². The summed E-state index contributed by atoms with van der Waals surface area (Å²) >= 11 is 3.45. The summed E-state index contributed by atoms with van der Waals surface area (Å²) in [6, 6.07) is 6.42. The summed E-state index contributed by atoms with van der Waals surface area (Å²) in [5, 5.41) is 4.54. The average molecular weight is 414 g/mol. The monoisotopic (exact) mass is 413 g/mol. The highest BCUT2D eigenvalue weighted by Crippen LogP contribution is 2.26. The molecule has 25 heavy (non-hydrogen) atoms. The number of aryl methyl sites for hydroxylation is 1. The Balaban J connectivity index is 0.000000381. The number of nitrogens with one attached hydrogen (secondary N) is 1. The molecule has 1 heterocycles. The van der Waals surface area contributed by atoms with Gasteiger partial charge in [0.1, 0.15) is 11.4 Å². The van der Waals surface area contributed by atoms with Crippen LogP contribution in [0.15, 0.2) is 18.2 Å². The van der Waals surface area contributed by atoms with Crippen molar-refractivity contribution in [3.63, 3.8) is 0 Å². The van der Waals surface area contributed by atoms with E-state index in [1.54, 1.807) is 0 Å². The van der Waals surface area contributed by atoms with E-state index in [9.17, 15) is 4.79 Å². The van der Waals surface area contributed by atoms with Gasteiger partial charge in [0, 0.05) is 17.6 Å². The van der Waals surface area contributed by atoms with Crippen molar-refractivity contribution in [2.24, 2.45) is 0 Å². The normalized spacial score (nSPS) is 13.0. The van der Waals surface area contributed by atoms with Gasteiger partial charge in [0.25, 0.3) is 6.47 Å². The molecule has 2 rings (SSSR count). The van der Waals surface area contributed by atoms with Crippen molar-refractivity contribution < 1.29 is 14.3 Å². The minimum absolute atomic E-state index is 0.318. The summed E-state index contributed by atoms with van der Waals surface area (Å²) < 4.78 is 10.4. The molecule has 1 aromatic carbocycles. The Hall–Kier alpha value is -1.23. The Morgan fingerprint density at radius 1 is 1.20 bits per heavy atom. The maximum Gasteiger partial charge on any atom is 0.293 e. The number of hydrogen-bond acceptors (Lipinski definition) is 4. The first-order valence-electron chi connectivity index (χ1n) is 9.13. The summed E-state index contributed by atoms with van der Waals surface area (Å²) in [5.74, 6) is 1.03. The zero-order valence-electron chi connectivity index (χ0n) is 15.8. The number of carbonyl (C=O) groups is 1. The number of rotatable bonds is 8. The number of alkyl halides is 1. The maximum atomic E-state index is 9.60. The van der Waals surface area contributed by atoms with E-state index in [2.05, 4.69) is 44.2 Å². The minimum atomic E-state index is -0.318. The first-order valence-corrected chi connectivity index (χ1v) is 10.3. The van der Waals surface area contributed by atoms with E-state index in [1.165, 1.54) is 43.4 Å². The predicted octanol–water partition coefficient (Wildman–Crippen LogP) is 5.34. The van der Waals surface area contributed by atoms with Gasteiger partial charge in [-0.25, -0.2) is 0 Å². The second-order valence-corrected chi connectivity index (χ2v) is 7.92. The molecule has 0 unspecified atom stereocenters. The third-order valence-electron chi connectivity index (χ3n) is 3.71. The molecule has 0 amide bonds. The molecule has 0 saturated heterocycles. The average Bonchev–Trinajstić information content (AvgIpc) is 2.57. The lowest BCUT2D eigenvalue weighted by Gasteiger charge is -2.18. The molecule has 0 spiro atoms. The molecular formula is C20H32BrNO3. The van der Waals surface area contributed by atoms with Gasteiger partial charge in [-0.1, -0.05) is 28.8 Å². The zero-order valence-corrected chi connectivity index (χ0v) is 17.4. The molecule has 1 aliphatic rings. The number of ether oxygens (including phenoxy) is 2. The number of fused-ring (bicyclic) bond motifs is 1. The summed E-state index contributed by atoms with van der Waals surface area (Å²) in [4.78, 5) is 9.60. The summed E-state index contributed by atoms with van der Waals surface area (Å²) in [5.41, 5.74) is 2.37. The summed E-state index contributed by atoms with van der Waals surface area (Å²) in [7, 11) is 0. The molecule has 0 aliphatic carbocycles. The molecular weight excluding hydrogens is 382 g/mol. The van der Waals surface area contributed by atoms with Crippen molar-refractivity contribution in [3.05, 3.63) is 23.8 Å². The van der Waals surface area contributed by atoms with Crippen molar-refractivity contribution in [1.82, 2.24) is 0 Å². The number of anilines is 1. The second-order valence-electron chi connectivity index (χ2n) is 7.13. The molecule has 5 heteroatoms. The Kier molecular flexibility index (Phi) is 10.6. The molecule has 0 aromatic heterocycles. The molecule has 0 fully saturated rings. The molecule has 0 radical (unpaired) electrons. The molecule has 1 aromatic rings. The van der Waals surface area contributed by atoms with Gasteiger partial charge in [0.15, 0.2) is 0 Å². The fourth-order valence-electron chi connectivity index (χ4n) is 2.43. The van der Waals surface area contributed by atoms with E-state index in [0.29, 0.717) is 6.47 Å². The van der Waals surface area contributed by atoms with Gasteiger partial charge in [-0.2, -0.15) is 0 Å². The van der Waals surface area contributed by atoms with Crippen molar-refractivity contribution in [2.75, 3.05) is 23.8 Å². The Bertz CT molecular complexity index is 500. The van der Waals surface area contributed by atoms with Crippen LogP contribution in [0.2, 0.25) is 0 Å². The number of hydrogen-bond donors (Lipinski definition) is 1. The first-order chi connectivity index (χ1) is 12.0. The van der Waals surface area contributed by atoms with Gasteiger partial charge in [-0.3, -0.25) is 4.79 Å². The van der Waals surface area contributed by atoms with E-state index in [4.69, 9.17) is 4.74 Å². The number of carbonyl (C=O) groups excluding carboxylic acids is 1. The third-order valence-corrected chi connectivity index (χ3v) is 4.27. The molecule has 142 valence electrons. The van der Waals surface area contributed by atoms with Crippen LogP contribution in [0.5, 0.6) is 5.75 Å². The van der Waals surface area contributed by atoms with Crippen molar-refractivity contribution in [1.29, 1.82) is 0 Å².